The standard InChI is InChI=1S/C29H37F2N3O3/c1-28(37)12-10-18-17(14-28)6-7-20-19(18)11-13-29(2)21(20)8-9-22(29)25(35)15-33-16-32-34(27(33)36)24-5-3-4-23(30)26(24)31/h3-5,16-22,37H,6-15H2,1-2H3/t17-,18+,19-,20-,21+,22-,28-,29+/m1/s1. The highest BCUT2D eigenvalue weighted by molar-refractivity contribution is 5.82. The maximum absolute atomic E-state index is 14.2. The van der Waals surface area contributed by atoms with Crippen molar-refractivity contribution in [3.8, 4) is 5.69 Å². The zero-order valence-corrected chi connectivity index (χ0v) is 21.7. The number of halogens is 2. The number of hydrogen-bond donors (Lipinski definition) is 1. The molecule has 0 unspecified atom stereocenters. The van der Waals surface area contributed by atoms with Gasteiger partial charge in [0.05, 0.1) is 12.1 Å². The van der Waals surface area contributed by atoms with Crippen LogP contribution in [0.4, 0.5) is 8.78 Å². The van der Waals surface area contributed by atoms with Crippen LogP contribution < -0.4 is 5.69 Å². The van der Waals surface area contributed by atoms with Crippen LogP contribution in [0.25, 0.3) is 5.69 Å². The van der Waals surface area contributed by atoms with Crippen molar-refractivity contribution in [1.29, 1.82) is 0 Å². The lowest BCUT2D eigenvalue weighted by molar-refractivity contribution is -0.133. The molecule has 0 amide bonds. The van der Waals surface area contributed by atoms with Crippen molar-refractivity contribution < 1.29 is 18.7 Å². The van der Waals surface area contributed by atoms with Gasteiger partial charge in [0.25, 0.3) is 0 Å². The molecule has 4 aliphatic carbocycles. The van der Waals surface area contributed by atoms with E-state index in [1.165, 1.54) is 35.9 Å². The minimum atomic E-state index is -1.14. The minimum Gasteiger partial charge on any atom is -0.390 e. The minimum absolute atomic E-state index is 0.0345. The second kappa shape index (κ2) is 8.85. The predicted octanol–water partition coefficient (Wildman–Crippen LogP) is 4.90. The van der Waals surface area contributed by atoms with Gasteiger partial charge in [0.15, 0.2) is 17.4 Å². The summed E-state index contributed by atoms with van der Waals surface area (Å²) < 4.78 is 29.9. The molecule has 2 aromatic rings. The van der Waals surface area contributed by atoms with Crippen molar-refractivity contribution in [2.24, 2.45) is 40.9 Å². The summed E-state index contributed by atoms with van der Waals surface area (Å²) >= 11 is 0. The molecule has 0 bridgehead atoms. The third-order valence-electron chi connectivity index (χ3n) is 10.8. The number of aromatic nitrogens is 3. The van der Waals surface area contributed by atoms with Crippen molar-refractivity contribution in [3.05, 3.63) is 46.6 Å². The van der Waals surface area contributed by atoms with Gasteiger partial charge in [-0.1, -0.05) is 13.0 Å². The van der Waals surface area contributed by atoms with Gasteiger partial charge in [-0.15, -0.1) is 0 Å². The van der Waals surface area contributed by atoms with Gasteiger partial charge >= 0.3 is 5.69 Å². The Balaban J connectivity index is 1.18. The third-order valence-corrected chi connectivity index (χ3v) is 10.8. The van der Waals surface area contributed by atoms with Crippen molar-refractivity contribution in [2.75, 3.05) is 0 Å². The quantitative estimate of drug-likeness (QED) is 0.631. The van der Waals surface area contributed by atoms with Crippen LogP contribution in [0.15, 0.2) is 29.3 Å². The van der Waals surface area contributed by atoms with Crippen molar-refractivity contribution >= 4 is 5.78 Å². The average molecular weight is 514 g/mol. The van der Waals surface area contributed by atoms with E-state index < -0.39 is 22.9 Å². The molecule has 8 heteroatoms. The van der Waals surface area contributed by atoms with Gasteiger partial charge in [-0.05, 0) is 112 Å². The Morgan fingerprint density at radius 2 is 1.84 bits per heavy atom. The zero-order chi connectivity index (χ0) is 26.1. The summed E-state index contributed by atoms with van der Waals surface area (Å²) in [5.74, 6) is 0.918. The number of carbonyl (C=O) groups excluding carboxylic acids is 1. The van der Waals surface area contributed by atoms with Gasteiger partial charge in [-0.25, -0.2) is 13.6 Å². The Morgan fingerprint density at radius 1 is 1.05 bits per heavy atom. The maximum atomic E-state index is 14.2. The molecule has 4 saturated carbocycles. The van der Waals surface area contributed by atoms with Gasteiger partial charge in [-0.2, -0.15) is 9.78 Å². The van der Waals surface area contributed by atoms with Crippen LogP contribution in [-0.2, 0) is 11.3 Å². The van der Waals surface area contributed by atoms with Crippen molar-refractivity contribution in [2.45, 2.75) is 83.8 Å². The highest BCUT2D eigenvalue weighted by Crippen LogP contribution is 2.64. The Morgan fingerprint density at radius 3 is 2.65 bits per heavy atom. The van der Waals surface area contributed by atoms with Crippen LogP contribution in [0.5, 0.6) is 0 Å². The molecule has 6 nitrogen and oxygen atoms in total. The fourth-order valence-corrected chi connectivity index (χ4v) is 9.15. The topological polar surface area (TPSA) is 77.1 Å². The summed E-state index contributed by atoms with van der Waals surface area (Å²) in [5.41, 5.74) is -1.50. The predicted molar refractivity (Wildman–Crippen MR) is 134 cm³/mol. The number of Topliss-reactive ketones (excluding diaryl/α,β-unsaturated/α-hetero) is 1. The monoisotopic (exact) mass is 513 g/mol. The molecule has 8 atom stereocenters. The number of benzene rings is 1. The number of ketones is 1. The van der Waals surface area contributed by atoms with Gasteiger partial charge < -0.3 is 5.11 Å². The molecule has 200 valence electrons. The summed E-state index contributed by atoms with van der Waals surface area (Å²) in [6.07, 6.45) is 10.6. The molecule has 4 aliphatic rings. The first-order valence-corrected chi connectivity index (χ1v) is 13.9. The summed E-state index contributed by atoms with van der Waals surface area (Å²) in [5, 5.41) is 14.6. The molecule has 1 aromatic carbocycles. The lowest BCUT2D eigenvalue weighted by Gasteiger charge is -2.56. The van der Waals surface area contributed by atoms with E-state index >= 15 is 0 Å². The number of nitrogens with zero attached hydrogens (tertiary/aromatic N) is 3. The van der Waals surface area contributed by atoms with Crippen molar-refractivity contribution in [1.82, 2.24) is 14.3 Å². The van der Waals surface area contributed by atoms with Gasteiger partial charge in [0.2, 0.25) is 0 Å². The molecule has 6 rings (SSSR count). The molecule has 4 fully saturated rings. The molecule has 0 aliphatic heterocycles. The molecule has 37 heavy (non-hydrogen) atoms. The van der Waals surface area contributed by atoms with Crippen LogP contribution in [0, 0.1) is 52.6 Å². The van der Waals surface area contributed by atoms with E-state index in [-0.39, 0.29) is 29.3 Å². The first kappa shape index (κ1) is 25.0. The number of fused-ring (bicyclic) bond motifs is 5. The summed E-state index contributed by atoms with van der Waals surface area (Å²) in [6.45, 7) is 4.18. The maximum Gasteiger partial charge on any atom is 0.351 e. The average Bonchev–Trinajstić information content (AvgIpc) is 3.39. The van der Waals surface area contributed by atoms with E-state index in [2.05, 4.69) is 12.0 Å². The van der Waals surface area contributed by atoms with Crippen LogP contribution in [0.3, 0.4) is 0 Å². The van der Waals surface area contributed by atoms with E-state index in [0.29, 0.717) is 29.6 Å². The van der Waals surface area contributed by atoms with E-state index in [4.69, 9.17) is 0 Å². The van der Waals surface area contributed by atoms with Gasteiger partial charge in [0, 0.05) is 5.92 Å². The number of hydrogen-bond acceptors (Lipinski definition) is 4. The molecular formula is C29H37F2N3O3. The molecule has 0 radical (unpaired) electrons. The fraction of sp³-hybridized carbons (Fsp3) is 0.690. The SMILES string of the molecule is C[C@@]1(O)CC[C@H]2[C@H](CC[C@@H]3[C@@H]2CC[C@]2(C)[C@@H](C(=O)Cn4cnn(-c5cccc(F)c5F)c4=O)CC[C@@H]32)C1. The highest BCUT2D eigenvalue weighted by Gasteiger charge is 2.58. The zero-order valence-electron chi connectivity index (χ0n) is 21.7. The van der Waals surface area contributed by atoms with Crippen LogP contribution in [-0.4, -0.2) is 30.8 Å². The van der Waals surface area contributed by atoms with Crippen LogP contribution >= 0.6 is 0 Å². The summed E-state index contributed by atoms with van der Waals surface area (Å²) in [4.78, 5) is 26.5. The van der Waals surface area contributed by atoms with Gasteiger partial charge in [-0.3, -0.25) is 9.36 Å². The van der Waals surface area contributed by atoms with E-state index in [1.807, 2.05) is 6.92 Å². The molecule has 1 N–H and O–H groups in total. The van der Waals surface area contributed by atoms with E-state index in [9.17, 15) is 23.5 Å². The van der Waals surface area contributed by atoms with E-state index in [0.717, 1.165) is 55.7 Å². The second-order valence-corrected chi connectivity index (χ2v) is 12.8. The second-order valence-electron chi connectivity index (χ2n) is 12.8. The first-order valence-electron chi connectivity index (χ1n) is 13.9. The summed E-state index contributed by atoms with van der Waals surface area (Å²) in [6, 6.07) is 3.60. The fourth-order valence-electron chi connectivity index (χ4n) is 9.15. The lowest BCUT2D eigenvalue weighted by atomic mass is 9.49. The smallest absolute Gasteiger partial charge is 0.351 e. The Kier molecular flexibility index (Phi) is 5.97. The number of carbonyl (C=O) groups is 1. The number of aliphatic hydroxyl groups is 1. The van der Waals surface area contributed by atoms with Crippen LogP contribution in [0.2, 0.25) is 0 Å². The Hall–Kier alpha value is -2.35. The van der Waals surface area contributed by atoms with Crippen LogP contribution in [0.1, 0.15) is 71.6 Å². The highest BCUT2D eigenvalue weighted by atomic mass is 19.2. The molecule has 0 saturated heterocycles. The molecule has 0 spiro atoms. The largest absolute Gasteiger partial charge is 0.390 e. The first-order chi connectivity index (χ1) is 17.6. The number of rotatable bonds is 4. The summed E-state index contributed by atoms with van der Waals surface area (Å²) in [7, 11) is 0. The Bertz CT molecular complexity index is 1270. The van der Waals surface area contributed by atoms with E-state index in [1.54, 1.807) is 0 Å². The van der Waals surface area contributed by atoms with Crippen molar-refractivity contribution in [3.63, 3.8) is 0 Å². The third kappa shape index (κ3) is 4.01. The Labute approximate surface area is 216 Å². The van der Waals surface area contributed by atoms with Gasteiger partial charge in [0.1, 0.15) is 12.0 Å². The molecule has 1 heterocycles. The molecular weight excluding hydrogens is 476 g/mol. The lowest BCUT2D eigenvalue weighted by Crippen LogP contribution is -2.51. The normalized spacial score (nSPS) is 39.1. The molecule has 1 aromatic heterocycles.